The zero-order valence-corrected chi connectivity index (χ0v) is 15.5. The van der Waals surface area contributed by atoms with Crippen molar-refractivity contribution in [3.63, 3.8) is 0 Å². The van der Waals surface area contributed by atoms with Crippen molar-refractivity contribution < 1.29 is 14.3 Å². The largest absolute Gasteiger partial charge is 0.495 e. The van der Waals surface area contributed by atoms with Gasteiger partial charge >= 0.3 is 0 Å². The molecule has 1 aromatic carbocycles. The Balaban J connectivity index is 1.92. The van der Waals surface area contributed by atoms with Crippen LogP contribution in [0.5, 0.6) is 11.5 Å². The van der Waals surface area contributed by atoms with E-state index >= 15 is 0 Å². The normalized spacial score (nSPS) is 15.4. The predicted molar refractivity (Wildman–Crippen MR) is 97.3 cm³/mol. The average molecular weight is 355 g/mol. The van der Waals surface area contributed by atoms with Gasteiger partial charge in [-0.15, -0.1) is 0 Å². The molecule has 0 aromatic heterocycles. The molecular formula is C18H27ClN2O3. The minimum absolute atomic E-state index is 0.0761. The van der Waals surface area contributed by atoms with Crippen LogP contribution in [0, 0.1) is 5.92 Å². The standard InChI is InChI=1S/C18H27ClN2O3/c1-21(11-13-7-5-4-6-8-13)12-18(22)20-15-9-14(19)16(23-2)10-17(15)24-3/h9-10,13H,4-8,11-12H2,1-3H3,(H,20,22). The number of carbonyl (C=O) groups is 1. The van der Waals surface area contributed by atoms with Gasteiger partial charge in [0, 0.05) is 12.6 Å². The van der Waals surface area contributed by atoms with Crippen LogP contribution in [-0.2, 0) is 4.79 Å². The molecule has 6 heteroatoms. The van der Waals surface area contributed by atoms with E-state index in [9.17, 15) is 4.79 Å². The molecule has 2 rings (SSSR count). The van der Waals surface area contributed by atoms with E-state index in [1.165, 1.54) is 32.1 Å². The van der Waals surface area contributed by atoms with Crippen LogP contribution >= 0.6 is 11.6 Å². The molecule has 0 spiro atoms. The molecule has 0 radical (unpaired) electrons. The summed E-state index contributed by atoms with van der Waals surface area (Å²) >= 11 is 6.13. The van der Waals surface area contributed by atoms with Crippen molar-refractivity contribution in [1.82, 2.24) is 4.90 Å². The number of hydrogen-bond donors (Lipinski definition) is 1. The topological polar surface area (TPSA) is 50.8 Å². The van der Waals surface area contributed by atoms with Gasteiger partial charge in [-0.25, -0.2) is 0 Å². The lowest BCUT2D eigenvalue weighted by Gasteiger charge is -2.26. The average Bonchev–Trinajstić information content (AvgIpc) is 2.55. The smallest absolute Gasteiger partial charge is 0.238 e. The van der Waals surface area contributed by atoms with Crippen LogP contribution in [0.25, 0.3) is 0 Å². The van der Waals surface area contributed by atoms with Crippen molar-refractivity contribution in [3.05, 3.63) is 17.2 Å². The van der Waals surface area contributed by atoms with Gasteiger partial charge in [-0.3, -0.25) is 9.69 Å². The minimum Gasteiger partial charge on any atom is -0.495 e. The Kier molecular flexibility index (Phi) is 7.18. The molecule has 1 amide bonds. The molecule has 1 saturated carbocycles. The number of ether oxygens (including phenoxy) is 2. The summed E-state index contributed by atoms with van der Waals surface area (Å²) in [4.78, 5) is 14.4. The van der Waals surface area contributed by atoms with Gasteiger partial charge in [0.25, 0.3) is 0 Å². The zero-order chi connectivity index (χ0) is 17.5. The minimum atomic E-state index is -0.0761. The summed E-state index contributed by atoms with van der Waals surface area (Å²) in [5.74, 6) is 1.68. The number of anilines is 1. The first kappa shape index (κ1) is 18.9. The summed E-state index contributed by atoms with van der Waals surface area (Å²) in [5.41, 5.74) is 0.555. The van der Waals surface area contributed by atoms with Crippen LogP contribution in [0.1, 0.15) is 32.1 Å². The van der Waals surface area contributed by atoms with Crippen molar-refractivity contribution in [2.75, 3.05) is 39.7 Å². The van der Waals surface area contributed by atoms with Crippen LogP contribution in [0.4, 0.5) is 5.69 Å². The van der Waals surface area contributed by atoms with Gasteiger partial charge in [0.05, 0.1) is 31.5 Å². The molecule has 1 aromatic rings. The summed E-state index contributed by atoms with van der Waals surface area (Å²) in [6.45, 7) is 1.32. The maximum absolute atomic E-state index is 12.3. The van der Waals surface area contributed by atoms with Gasteiger partial charge in [-0.2, -0.15) is 0 Å². The van der Waals surface area contributed by atoms with Gasteiger partial charge in [0.1, 0.15) is 11.5 Å². The molecule has 5 nitrogen and oxygen atoms in total. The number of likely N-dealkylation sites (N-methyl/N-ethyl adjacent to an activating group) is 1. The molecule has 24 heavy (non-hydrogen) atoms. The summed E-state index contributed by atoms with van der Waals surface area (Å²) < 4.78 is 10.5. The lowest BCUT2D eigenvalue weighted by molar-refractivity contribution is -0.117. The van der Waals surface area contributed by atoms with Gasteiger partial charge < -0.3 is 14.8 Å². The fraction of sp³-hybridized carbons (Fsp3) is 0.611. The van der Waals surface area contributed by atoms with E-state index in [0.29, 0.717) is 34.7 Å². The number of nitrogens with zero attached hydrogens (tertiary/aromatic N) is 1. The first-order valence-corrected chi connectivity index (χ1v) is 8.81. The molecule has 1 aliphatic carbocycles. The number of carbonyl (C=O) groups excluding carboxylic acids is 1. The van der Waals surface area contributed by atoms with E-state index in [0.717, 1.165) is 6.54 Å². The number of halogens is 1. The monoisotopic (exact) mass is 354 g/mol. The SMILES string of the molecule is COc1cc(OC)c(NC(=O)CN(C)CC2CCCCC2)cc1Cl. The van der Waals surface area contributed by atoms with Crippen molar-refractivity contribution in [2.45, 2.75) is 32.1 Å². The Bertz CT molecular complexity index is 559. The van der Waals surface area contributed by atoms with Gasteiger partial charge in [0.2, 0.25) is 5.91 Å². The van der Waals surface area contributed by atoms with Crippen molar-refractivity contribution in [3.8, 4) is 11.5 Å². The molecule has 0 heterocycles. The van der Waals surface area contributed by atoms with Gasteiger partial charge in [-0.1, -0.05) is 30.9 Å². The van der Waals surface area contributed by atoms with Crippen molar-refractivity contribution in [1.29, 1.82) is 0 Å². The number of hydrogen-bond acceptors (Lipinski definition) is 4. The van der Waals surface area contributed by atoms with Gasteiger partial charge in [0.15, 0.2) is 0 Å². The lowest BCUT2D eigenvalue weighted by atomic mass is 9.89. The number of benzene rings is 1. The highest BCUT2D eigenvalue weighted by Gasteiger charge is 2.18. The van der Waals surface area contributed by atoms with Crippen LogP contribution in [-0.4, -0.2) is 45.2 Å². The molecule has 1 aliphatic rings. The Hall–Kier alpha value is -1.46. The van der Waals surface area contributed by atoms with E-state index < -0.39 is 0 Å². The quantitative estimate of drug-likeness (QED) is 0.809. The second-order valence-electron chi connectivity index (χ2n) is 6.44. The molecule has 1 N–H and O–H groups in total. The highest BCUT2D eigenvalue weighted by Crippen LogP contribution is 2.35. The van der Waals surface area contributed by atoms with Crippen LogP contribution in [0.15, 0.2) is 12.1 Å². The van der Waals surface area contributed by atoms with Crippen LogP contribution in [0.2, 0.25) is 5.02 Å². The van der Waals surface area contributed by atoms with E-state index in [-0.39, 0.29) is 5.91 Å². The second kappa shape index (κ2) is 9.14. The maximum atomic E-state index is 12.3. The Labute approximate surface area is 149 Å². The molecule has 0 atom stereocenters. The number of amides is 1. The molecule has 1 fully saturated rings. The summed E-state index contributed by atoms with van der Waals surface area (Å²) in [7, 11) is 5.08. The maximum Gasteiger partial charge on any atom is 0.238 e. The number of methoxy groups -OCH3 is 2. The first-order chi connectivity index (χ1) is 11.5. The van der Waals surface area contributed by atoms with Crippen molar-refractivity contribution >= 4 is 23.2 Å². The molecule has 0 bridgehead atoms. The summed E-state index contributed by atoms with van der Waals surface area (Å²) in [5, 5.41) is 3.31. The van der Waals surface area contributed by atoms with E-state index in [1.807, 2.05) is 7.05 Å². The third-order valence-electron chi connectivity index (χ3n) is 4.46. The summed E-state index contributed by atoms with van der Waals surface area (Å²) in [6.07, 6.45) is 6.51. The number of rotatable bonds is 7. The highest BCUT2D eigenvalue weighted by molar-refractivity contribution is 6.32. The second-order valence-corrected chi connectivity index (χ2v) is 6.84. The summed E-state index contributed by atoms with van der Waals surface area (Å²) in [6, 6.07) is 3.32. The molecule has 0 aliphatic heterocycles. The van der Waals surface area contributed by atoms with E-state index in [4.69, 9.17) is 21.1 Å². The predicted octanol–water partition coefficient (Wildman–Crippen LogP) is 3.81. The molecule has 0 saturated heterocycles. The van der Waals surface area contributed by atoms with E-state index in [2.05, 4.69) is 10.2 Å². The number of nitrogens with one attached hydrogen (secondary N) is 1. The molecule has 0 unspecified atom stereocenters. The van der Waals surface area contributed by atoms with Crippen molar-refractivity contribution in [2.24, 2.45) is 5.92 Å². The first-order valence-electron chi connectivity index (χ1n) is 8.43. The Morgan fingerprint density at radius 3 is 2.50 bits per heavy atom. The zero-order valence-electron chi connectivity index (χ0n) is 14.7. The molecule has 134 valence electrons. The third-order valence-corrected chi connectivity index (χ3v) is 4.75. The fourth-order valence-corrected chi connectivity index (χ4v) is 3.51. The van der Waals surface area contributed by atoms with E-state index in [1.54, 1.807) is 26.4 Å². The third kappa shape index (κ3) is 5.28. The van der Waals surface area contributed by atoms with Gasteiger partial charge in [-0.05, 0) is 31.9 Å². The Morgan fingerprint density at radius 2 is 1.88 bits per heavy atom. The highest BCUT2D eigenvalue weighted by atomic mass is 35.5. The molecular weight excluding hydrogens is 328 g/mol. The Morgan fingerprint density at radius 1 is 1.21 bits per heavy atom. The fourth-order valence-electron chi connectivity index (χ4n) is 3.27. The lowest BCUT2D eigenvalue weighted by Crippen LogP contribution is -2.34. The van der Waals surface area contributed by atoms with Crippen LogP contribution in [0.3, 0.4) is 0 Å². The van der Waals surface area contributed by atoms with Crippen LogP contribution < -0.4 is 14.8 Å².